The van der Waals surface area contributed by atoms with Gasteiger partial charge in [-0.3, -0.25) is 0 Å². The Balaban J connectivity index is 2.06. The third-order valence-corrected chi connectivity index (χ3v) is 10.1. The Morgan fingerprint density at radius 2 is 1.88 bits per heavy atom. The van der Waals surface area contributed by atoms with Gasteiger partial charge in [-0.1, -0.05) is 82.1 Å². The summed E-state index contributed by atoms with van der Waals surface area (Å²) < 4.78 is 0. The molecule has 26 heavy (non-hydrogen) atoms. The van der Waals surface area contributed by atoms with Crippen LogP contribution in [-0.4, -0.2) is 8.07 Å². The van der Waals surface area contributed by atoms with Crippen LogP contribution in [0.3, 0.4) is 0 Å². The molecule has 134 valence electrons. The zero-order chi connectivity index (χ0) is 18.5. The topological polar surface area (TPSA) is 0 Å². The first kappa shape index (κ1) is 17.5. The van der Waals surface area contributed by atoms with Crippen LogP contribution in [-0.2, 0) is 6.42 Å². The van der Waals surface area contributed by atoms with Crippen molar-refractivity contribution in [1.29, 1.82) is 0 Å². The van der Waals surface area contributed by atoms with Crippen molar-refractivity contribution in [2.24, 2.45) is 0 Å². The zero-order valence-corrected chi connectivity index (χ0v) is 17.8. The second-order valence-electron chi connectivity index (χ2n) is 8.85. The molecular formula is C25H30Si. The molecular weight excluding hydrogens is 328 g/mol. The molecule has 0 heterocycles. The van der Waals surface area contributed by atoms with Crippen molar-refractivity contribution in [3.63, 3.8) is 0 Å². The lowest BCUT2D eigenvalue weighted by molar-refractivity contribution is 0.715. The highest BCUT2D eigenvalue weighted by Gasteiger charge is 2.46. The summed E-state index contributed by atoms with van der Waals surface area (Å²) in [5.41, 5.74) is 7.52. The van der Waals surface area contributed by atoms with Gasteiger partial charge in [-0.25, -0.2) is 0 Å². The number of fused-ring (bicyclic) bond motifs is 2. The van der Waals surface area contributed by atoms with E-state index in [-0.39, 0.29) is 5.04 Å². The van der Waals surface area contributed by atoms with Crippen molar-refractivity contribution in [2.75, 3.05) is 0 Å². The van der Waals surface area contributed by atoms with Gasteiger partial charge in [-0.05, 0) is 63.6 Å². The second kappa shape index (κ2) is 6.09. The lowest BCUT2D eigenvalue weighted by Gasteiger charge is -2.46. The molecule has 0 saturated carbocycles. The maximum atomic E-state index is 2.57. The Morgan fingerprint density at radius 3 is 2.50 bits per heavy atom. The summed E-state index contributed by atoms with van der Waals surface area (Å²) in [4.78, 5) is 0. The van der Waals surface area contributed by atoms with Gasteiger partial charge in [0.25, 0.3) is 0 Å². The molecule has 0 nitrogen and oxygen atoms in total. The molecule has 1 aromatic rings. The average molecular weight is 359 g/mol. The molecule has 0 bridgehead atoms. The predicted molar refractivity (Wildman–Crippen MR) is 117 cm³/mol. The number of hydrogen-bond donors (Lipinski definition) is 0. The van der Waals surface area contributed by atoms with Crippen molar-refractivity contribution < 1.29 is 0 Å². The highest BCUT2D eigenvalue weighted by molar-refractivity contribution is 6.80. The largest absolute Gasteiger partial charge is 0.0801 e. The van der Waals surface area contributed by atoms with Crippen LogP contribution in [0.2, 0.25) is 24.7 Å². The third kappa shape index (κ3) is 2.40. The summed E-state index contributed by atoms with van der Waals surface area (Å²) in [6.45, 7) is 12.2. The van der Waals surface area contributed by atoms with Crippen molar-refractivity contribution in [3.05, 3.63) is 81.3 Å². The van der Waals surface area contributed by atoms with E-state index in [4.69, 9.17) is 0 Å². The number of aryl methyl sites for hydroxylation is 1. The van der Waals surface area contributed by atoms with E-state index in [0.717, 1.165) is 12.8 Å². The van der Waals surface area contributed by atoms with Crippen LogP contribution >= 0.6 is 0 Å². The fourth-order valence-electron chi connectivity index (χ4n) is 5.05. The van der Waals surface area contributed by atoms with Gasteiger partial charge < -0.3 is 0 Å². The molecule has 1 aromatic carbocycles. The fraction of sp³-hybridized carbons (Fsp3) is 0.360. The molecule has 1 heteroatoms. The Kier molecular flexibility index (Phi) is 4.11. The van der Waals surface area contributed by atoms with Crippen LogP contribution in [0.25, 0.3) is 11.6 Å². The maximum Gasteiger partial charge on any atom is 0.0605 e. The maximum absolute atomic E-state index is 2.57. The van der Waals surface area contributed by atoms with Crippen molar-refractivity contribution >= 4 is 19.7 Å². The van der Waals surface area contributed by atoms with Gasteiger partial charge in [0.15, 0.2) is 0 Å². The molecule has 0 spiro atoms. The summed E-state index contributed by atoms with van der Waals surface area (Å²) >= 11 is 0. The molecule has 0 aromatic heterocycles. The van der Waals surface area contributed by atoms with E-state index in [1.165, 1.54) is 39.1 Å². The lowest BCUT2D eigenvalue weighted by atomic mass is 9.79. The molecule has 0 N–H and O–H groups in total. The van der Waals surface area contributed by atoms with Gasteiger partial charge in [0.05, 0.1) is 8.07 Å². The molecule has 0 aliphatic heterocycles. The molecule has 0 fully saturated rings. The van der Waals surface area contributed by atoms with Crippen LogP contribution in [0.4, 0.5) is 0 Å². The summed E-state index contributed by atoms with van der Waals surface area (Å²) in [7, 11) is -1.46. The quantitative estimate of drug-likeness (QED) is 0.629. The van der Waals surface area contributed by atoms with Crippen molar-refractivity contribution in [2.45, 2.75) is 57.8 Å². The van der Waals surface area contributed by atoms with E-state index < -0.39 is 8.07 Å². The molecule has 3 aliphatic carbocycles. The molecule has 0 saturated heterocycles. The van der Waals surface area contributed by atoms with Crippen molar-refractivity contribution in [1.82, 2.24) is 0 Å². The minimum absolute atomic E-state index is 0.218. The van der Waals surface area contributed by atoms with E-state index in [2.05, 4.69) is 88.1 Å². The van der Waals surface area contributed by atoms with Gasteiger partial charge >= 0.3 is 0 Å². The Labute approximate surface area is 159 Å². The zero-order valence-electron chi connectivity index (χ0n) is 16.8. The van der Waals surface area contributed by atoms with Crippen LogP contribution in [0.5, 0.6) is 0 Å². The Morgan fingerprint density at radius 1 is 1.08 bits per heavy atom. The fourth-order valence-corrected chi connectivity index (χ4v) is 7.74. The van der Waals surface area contributed by atoms with E-state index in [1.54, 1.807) is 5.57 Å². The number of rotatable bonds is 4. The van der Waals surface area contributed by atoms with E-state index in [0.29, 0.717) is 0 Å². The van der Waals surface area contributed by atoms with Crippen LogP contribution in [0, 0.1) is 0 Å². The summed E-state index contributed by atoms with van der Waals surface area (Å²) in [5.74, 6) is 0. The number of benzene rings is 1. The molecule has 1 unspecified atom stereocenters. The van der Waals surface area contributed by atoms with Gasteiger partial charge in [0.2, 0.25) is 0 Å². The third-order valence-electron chi connectivity index (χ3n) is 6.64. The van der Waals surface area contributed by atoms with Crippen LogP contribution < -0.4 is 10.4 Å². The van der Waals surface area contributed by atoms with E-state index in [9.17, 15) is 0 Å². The summed E-state index contributed by atoms with van der Waals surface area (Å²) in [6.07, 6.45) is 17.8. The first-order chi connectivity index (χ1) is 12.4. The summed E-state index contributed by atoms with van der Waals surface area (Å²) in [5, 5.41) is 3.04. The number of allylic oxidation sites excluding steroid dienone is 8. The highest BCUT2D eigenvalue weighted by Crippen LogP contribution is 2.57. The molecule has 0 amide bonds. The highest BCUT2D eigenvalue weighted by atomic mass is 28.3. The Hall–Kier alpha value is -1.86. The van der Waals surface area contributed by atoms with Gasteiger partial charge in [0.1, 0.15) is 0 Å². The van der Waals surface area contributed by atoms with E-state index >= 15 is 0 Å². The van der Waals surface area contributed by atoms with Crippen molar-refractivity contribution in [3.8, 4) is 0 Å². The standard InChI is InChI=1S/C25H30Si/c1-6-18-12-13-21-20(16-18)17-23-22(21)14-15-25(7-2,26(3,4)5)24(23)19-10-8-9-11-19/h8-10,12-17H,6-7,11H2,1-5H3. The molecule has 3 aliphatic rings. The second-order valence-corrected chi connectivity index (χ2v) is 14.2. The molecule has 0 radical (unpaired) electrons. The minimum atomic E-state index is -1.46. The molecule has 1 atom stereocenters. The van der Waals surface area contributed by atoms with Crippen LogP contribution in [0.15, 0.2) is 65.3 Å². The normalized spacial score (nSPS) is 23.9. The van der Waals surface area contributed by atoms with E-state index in [1.807, 2.05) is 0 Å². The first-order valence-corrected chi connectivity index (χ1v) is 13.6. The lowest BCUT2D eigenvalue weighted by Crippen LogP contribution is -2.41. The predicted octanol–water partition coefficient (Wildman–Crippen LogP) is 5.44. The van der Waals surface area contributed by atoms with Gasteiger partial charge in [-0.2, -0.15) is 0 Å². The average Bonchev–Trinajstić information content (AvgIpc) is 3.26. The smallest absolute Gasteiger partial charge is 0.0605 e. The number of hydrogen-bond acceptors (Lipinski definition) is 0. The van der Waals surface area contributed by atoms with Crippen LogP contribution in [0.1, 0.15) is 32.3 Å². The molecule has 4 rings (SSSR count). The minimum Gasteiger partial charge on any atom is -0.0801 e. The summed E-state index contributed by atoms with van der Waals surface area (Å²) in [6, 6.07) is 7.03. The van der Waals surface area contributed by atoms with Gasteiger partial charge in [0, 0.05) is 5.04 Å². The first-order valence-electron chi connectivity index (χ1n) is 10.1. The SMILES string of the molecule is CCc1ccc2c(c1)=CC1=C(C3=CC=CC3)C(CC)([Si](C)(C)C)C=CC=21. The Bertz CT molecular complexity index is 1010. The monoisotopic (exact) mass is 358 g/mol. The van der Waals surface area contributed by atoms with Gasteiger partial charge in [-0.15, -0.1) is 0 Å².